The maximum atomic E-state index is 11.9. The van der Waals surface area contributed by atoms with E-state index >= 15 is 0 Å². The van der Waals surface area contributed by atoms with E-state index in [4.69, 9.17) is 0 Å². The van der Waals surface area contributed by atoms with E-state index in [0.717, 1.165) is 30.8 Å². The Kier molecular flexibility index (Phi) is 2.50. The number of amides is 1. The summed E-state index contributed by atoms with van der Waals surface area (Å²) in [6.45, 7) is 2.42. The molecule has 1 aromatic rings. The maximum Gasteiger partial charge on any atom is 0.253 e. The Hall–Kier alpha value is -1.35. The van der Waals surface area contributed by atoms with Crippen molar-refractivity contribution in [2.75, 3.05) is 20.1 Å². The number of likely N-dealkylation sites (N-methyl/N-ethyl adjacent to an activating group) is 1. The van der Waals surface area contributed by atoms with Crippen LogP contribution >= 0.6 is 0 Å². The van der Waals surface area contributed by atoms with Gasteiger partial charge in [0.1, 0.15) is 0 Å². The predicted octanol–water partition coefficient (Wildman–Crippen LogP) is 0.862. The van der Waals surface area contributed by atoms with Crippen LogP contribution in [0.25, 0.3) is 0 Å². The first-order valence-corrected chi connectivity index (χ1v) is 4.83. The molecule has 1 aliphatic heterocycles. The average molecular weight is 190 g/mol. The molecule has 0 spiro atoms. The van der Waals surface area contributed by atoms with Crippen LogP contribution in [0.15, 0.2) is 24.3 Å². The Balaban J connectivity index is 2.40. The molecule has 3 heteroatoms. The Bertz CT molecular complexity index is 349. The van der Waals surface area contributed by atoms with Gasteiger partial charge in [0.25, 0.3) is 5.91 Å². The molecule has 0 aliphatic carbocycles. The van der Waals surface area contributed by atoms with Crippen LogP contribution in [0.5, 0.6) is 0 Å². The number of nitrogens with zero attached hydrogens (tertiary/aromatic N) is 1. The first-order valence-electron chi connectivity index (χ1n) is 4.83. The van der Waals surface area contributed by atoms with Gasteiger partial charge in [0.15, 0.2) is 0 Å². The molecule has 0 fully saturated rings. The quantitative estimate of drug-likeness (QED) is 0.658. The van der Waals surface area contributed by atoms with Crippen LogP contribution in [0.4, 0.5) is 0 Å². The van der Waals surface area contributed by atoms with Gasteiger partial charge < -0.3 is 10.2 Å². The zero-order valence-electron chi connectivity index (χ0n) is 8.29. The first kappa shape index (κ1) is 9.21. The summed E-state index contributed by atoms with van der Waals surface area (Å²) in [6.07, 6.45) is 0. The summed E-state index contributed by atoms with van der Waals surface area (Å²) in [5, 5.41) is 3.30. The lowest BCUT2D eigenvalue weighted by Gasteiger charge is -2.22. The summed E-state index contributed by atoms with van der Waals surface area (Å²) in [6, 6.07) is 7.77. The van der Waals surface area contributed by atoms with E-state index in [1.165, 1.54) is 0 Å². The molecule has 0 radical (unpaired) electrons. The van der Waals surface area contributed by atoms with Crippen molar-refractivity contribution >= 4 is 5.91 Å². The topological polar surface area (TPSA) is 32.3 Å². The number of carbonyl (C=O) groups excluding carboxylic acids is 1. The van der Waals surface area contributed by atoms with Crippen LogP contribution in [0.3, 0.4) is 0 Å². The summed E-state index contributed by atoms with van der Waals surface area (Å²) >= 11 is 0. The number of benzene rings is 1. The maximum absolute atomic E-state index is 11.9. The Morgan fingerprint density at radius 1 is 1.36 bits per heavy atom. The van der Waals surface area contributed by atoms with Gasteiger partial charge in [-0.2, -0.15) is 0 Å². The number of hydrogen-bond acceptors (Lipinski definition) is 2. The number of rotatable bonds is 0. The van der Waals surface area contributed by atoms with Gasteiger partial charge in [-0.1, -0.05) is 18.2 Å². The minimum atomic E-state index is 0.127. The van der Waals surface area contributed by atoms with Crippen molar-refractivity contribution in [3.63, 3.8) is 0 Å². The van der Waals surface area contributed by atoms with E-state index in [1.807, 2.05) is 31.3 Å². The van der Waals surface area contributed by atoms with E-state index in [2.05, 4.69) is 5.32 Å². The fourth-order valence-electron chi connectivity index (χ4n) is 1.66. The smallest absolute Gasteiger partial charge is 0.253 e. The first-order chi connectivity index (χ1) is 6.79. The molecule has 3 nitrogen and oxygen atoms in total. The van der Waals surface area contributed by atoms with Crippen LogP contribution < -0.4 is 5.32 Å². The van der Waals surface area contributed by atoms with Gasteiger partial charge in [-0.05, 0) is 11.6 Å². The second-order valence-corrected chi connectivity index (χ2v) is 3.56. The molecule has 0 bridgehead atoms. The minimum Gasteiger partial charge on any atom is -0.340 e. The lowest BCUT2D eigenvalue weighted by atomic mass is 10.1. The van der Waals surface area contributed by atoms with E-state index in [9.17, 15) is 4.79 Å². The van der Waals surface area contributed by atoms with Gasteiger partial charge in [0.2, 0.25) is 0 Å². The molecule has 0 unspecified atom stereocenters. The zero-order chi connectivity index (χ0) is 9.97. The van der Waals surface area contributed by atoms with Crippen molar-refractivity contribution in [2.24, 2.45) is 0 Å². The van der Waals surface area contributed by atoms with Crippen molar-refractivity contribution in [3.8, 4) is 0 Å². The van der Waals surface area contributed by atoms with Gasteiger partial charge in [0.05, 0.1) is 0 Å². The highest BCUT2D eigenvalue weighted by Crippen LogP contribution is 2.12. The summed E-state index contributed by atoms with van der Waals surface area (Å²) in [7, 11) is 1.84. The molecule has 0 saturated carbocycles. The van der Waals surface area contributed by atoms with Gasteiger partial charge >= 0.3 is 0 Å². The van der Waals surface area contributed by atoms with E-state index < -0.39 is 0 Å². The van der Waals surface area contributed by atoms with Crippen LogP contribution in [0.2, 0.25) is 0 Å². The molecule has 1 amide bonds. The Morgan fingerprint density at radius 2 is 2.14 bits per heavy atom. The van der Waals surface area contributed by atoms with Crippen LogP contribution in [0, 0.1) is 0 Å². The largest absolute Gasteiger partial charge is 0.340 e. The van der Waals surface area contributed by atoms with Gasteiger partial charge in [0, 0.05) is 32.2 Å². The lowest BCUT2D eigenvalue weighted by Crippen LogP contribution is -2.37. The third kappa shape index (κ3) is 1.63. The van der Waals surface area contributed by atoms with Crippen molar-refractivity contribution in [3.05, 3.63) is 35.4 Å². The van der Waals surface area contributed by atoms with Gasteiger partial charge in [-0.15, -0.1) is 0 Å². The minimum absolute atomic E-state index is 0.127. The molecule has 0 atom stereocenters. The fraction of sp³-hybridized carbons (Fsp3) is 0.364. The van der Waals surface area contributed by atoms with Gasteiger partial charge in [-0.3, -0.25) is 4.79 Å². The summed E-state index contributed by atoms with van der Waals surface area (Å²) < 4.78 is 0. The number of hydrogen-bond donors (Lipinski definition) is 1. The van der Waals surface area contributed by atoms with Crippen molar-refractivity contribution in [1.82, 2.24) is 10.2 Å². The second-order valence-electron chi connectivity index (χ2n) is 3.56. The second kappa shape index (κ2) is 3.80. The Morgan fingerprint density at radius 3 is 3.00 bits per heavy atom. The van der Waals surface area contributed by atoms with Crippen LogP contribution in [-0.4, -0.2) is 30.9 Å². The highest BCUT2D eigenvalue weighted by molar-refractivity contribution is 5.95. The molecular weight excluding hydrogens is 176 g/mol. The highest BCUT2D eigenvalue weighted by atomic mass is 16.2. The van der Waals surface area contributed by atoms with Gasteiger partial charge in [-0.25, -0.2) is 0 Å². The Labute approximate surface area is 83.7 Å². The summed E-state index contributed by atoms with van der Waals surface area (Å²) in [5.41, 5.74) is 1.91. The zero-order valence-corrected chi connectivity index (χ0v) is 8.29. The van der Waals surface area contributed by atoms with Crippen molar-refractivity contribution in [2.45, 2.75) is 6.54 Å². The normalized spacial score (nSPS) is 17.2. The predicted molar refractivity (Wildman–Crippen MR) is 55.1 cm³/mol. The highest BCUT2D eigenvalue weighted by Gasteiger charge is 2.16. The summed E-state index contributed by atoms with van der Waals surface area (Å²) in [4.78, 5) is 13.6. The SMILES string of the molecule is CN1CCNCc2ccccc2C1=O. The number of carbonyl (C=O) groups is 1. The molecule has 1 heterocycles. The van der Waals surface area contributed by atoms with Crippen LogP contribution in [0.1, 0.15) is 15.9 Å². The molecular formula is C11H14N2O. The number of fused-ring (bicyclic) bond motifs is 1. The molecule has 1 aliphatic rings. The molecule has 1 N–H and O–H groups in total. The molecule has 2 rings (SSSR count). The fourth-order valence-corrected chi connectivity index (χ4v) is 1.66. The third-order valence-electron chi connectivity index (χ3n) is 2.53. The van der Waals surface area contributed by atoms with Crippen LogP contribution in [-0.2, 0) is 6.54 Å². The lowest BCUT2D eigenvalue weighted by molar-refractivity contribution is 0.0790. The standard InChI is InChI=1S/C11H14N2O/c1-13-7-6-12-8-9-4-2-3-5-10(9)11(13)14/h2-5,12H,6-8H2,1H3. The number of nitrogens with one attached hydrogen (secondary N) is 1. The molecule has 0 aromatic heterocycles. The van der Waals surface area contributed by atoms with E-state index in [1.54, 1.807) is 4.90 Å². The monoisotopic (exact) mass is 190 g/mol. The van der Waals surface area contributed by atoms with Crippen molar-refractivity contribution in [1.29, 1.82) is 0 Å². The molecule has 14 heavy (non-hydrogen) atoms. The molecule has 0 saturated heterocycles. The molecule has 74 valence electrons. The average Bonchev–Trinajstić information content (AvgIpc) is 2.22. The summed E-state index contributed by atoms with van der Waals surface area (Å²) in [5.74, 6) is 0.127. The van der Waals surface area contributed by atoms with Crippen molar-refractivity contribution < 1.29 is 4.79 Å². The third-order valence-corrected chi connectivity index (χ3v) is 2.53. The molecule has 1 aromatic carbocycles. The van der Waals surface area contributed by atoms with E-state index in [-0.39, 0.29) is 5.91 Å². The van der Waals surface area contributed by atoms with E-state index in [0.29, 0.717) is 0 Å².